The average molecular weight is 465 g/mol. The van der Waals surface area contributed by atoms with Crippen LogP contribution in [0, 0.1) is 0 Å². The van der Waals surface area contributed by atoms with E-state index in [2.05, 4.69) is 131 Å². The fourth-order valence-electron chi connectivity index (χ4n) is 5.67. The van der Waals surface area contributed by atoms with E-state index in [0.717, 1.165) is 0 Å². The second kappa shape index (κ2) is 7.08. The molecule has 8 rings (SSSR count). The Morgan fingerprint density at radius 3 is 2.11 bits per heavy atom. The van der Waals surface area contributed by atoms with Gasteiger partial charge in [-0.3, -0.25) is 0 Å². The lowest BCUT2D eigenvalue weighted by molar-refractivity contribution is 1.13. The molecule has 2 nitrogen and oxygen atoms in total. The molecule has 0 atom stereocenters. The molecule has 164 valence electrons. The molecule has 0 saturated heterocycles. The Labute approximate surface area is 205 Å². The van der Waals surface area contributed by atoms with Gasteiger partial charge in [-0.1, -0.05) is 66.7 Å². The average Bonchev–Trinajstić information content (AvgIpc) is 3.60. The lowest BCUT2D eigenvalue weighted by Crippen LogP contribution is -1.94. The smallest absolute Gasteiger partial charge is 0.0640 e. The highest BCUT2D eigenvalue weighted by molar-refractivity contribution is 7.26. The Kier molecular flexibility index (Phi) is 3.85. The van der Waals surface area contributed by atoms with Crippen LogP contribution in [-0.4, -0.2) is 9.13 Å². The second-order valence-corrected chi connectivity index (χ2v) is 10.1. The first kappa shape index (κ1) is 19.0. The van der Waals surface area contributed by atoms with E-state index in [1.807, 2.05) is 11.3 Å². The maximum Gasteiger partial charge on any atom is 0.0640 e. The van der Waals surface area contributed by atoms with Crippen LogP contribution in [0.2, 0.25) is 0 Å². The van der Waals surface area contributed by atoms with Gasteiger partial charge in [0.15, 0.2) is 0 Å². The number of benzene rings is 5. The summed E-state index contributed by atoms with van der Waals surface area (Å²) >= 11 is 1.88. The number of fused-ring (bicyclic) bond motifs is 8. The van der Waals surface area contributed by atoms with Gasteiger partial charge in [-0.25, -0.2) is 0 Å². The van der Waals surface area contributed by atoms with Crippen LogP contribution in [0.3, 0.4) is 0 Å². The topological polar surface area (TPSA) is 9.86 Å². The molecule has 5 aromatic carbocycles. The molecule has 3 heteroatoms. The van der Waals surface area contributed by atoms with Crippen LogP contribution in [0.5, 0.6) is 0 Å². The van der Waals surface area contributed by atoms with Gasteiger partial charge < -0.3 is 9.13 Å². The van der Waals surface area contributed by atoms with E-state index in [1.165, 1.54) is 64.3 Å². The van der Waals surface area contributed by atoms with E-state index in [0.29, 0.717) is 0 Å². The van der Waals surface area contributed by atoms with Crippen LogP contribution in [0.15, 0.2) is 121 Å². The van der Waals surface area contributed by atoms with Crippen molar-refractivity contribution in [3.8, 4) is 11.4 Å². The van der Waals surface area contributed by atoms with Gasteiger partial charge in [-0.2, -0.15) is 0 Å². The Morgan fingerprint density at radius 1 is 0.486 bits per heavy atom. The predicted octanol–water partition coefficient (Wildman–Crippen LogP) is 9.10. The Morgan fingerprint density at radius 2 is 1.20 bits per heavy atom. The summed E-state index contributed by atoms with van der Waals surface area (Å²) in [5.74, 6) is 0. The monoisotopic (exact) mass is 464 g/mol. The number of hydrogen-bond donors (Lipinski definition) is 0. The van der Waals surface area contributed by atoms with Crippen LogP contribution in [0.25, 0.3) is 64.3 Å². The minimum absolute atomic E-state index is 1.18. The maximum absolute atomic E-state index is 2.46. The molecule has 0 aliphatic rings. The molecule has 3 aromatic heterocycles. The second-order valence-electron chi connectivity index (χ2n) is 9.02. The first-order chi connectivity index (χ1) is 17.4. The zero-order chi connectivity index (χ0) is 22.9. The van der Waals surface area contributed by atoms with E-state index in [1.54, 1.807) is 0 Å². The third-order valence-corrected chi connectivity index (χ3v) is 8.37. The van der Waals surface area contributed by atoms with Crippen LogP contribution < -0.4 is 0 Å². The summed E-state index contributed by atoms with van der Waals surface area (Å²) in [6.07, 6.45) is 2.19. The molecule has 0 amide bonds. The van der Waals surface area contributed by atoms with E-state index >= 15 is 0 Å². The van der Waals surface area contributed by atoms with Crippen molar-refractivity contribution in [2.45, 2.75) is 0 Å². The molecule has 0 spiro atoms. The van der Waals surface area contributed by atoms with Gasteiger partial charge in [0.1, 0.15) is 0 Å². The summed E-state index contributed by atoms with van der Waals surface area (Å²) in [4.78, 5) is 0. The third-order valence-electron chi connectivity index (χ3n) is 7.16. The highest BCUT2D eigenvalue weighted by Gasteiger charge is 2.18. The molecule has 0 aliphatic heterocycles. The molecular formula is C32H20N2S. The van der Waals surface area contributed by atoms with Gasteiger partial charge in [0.25, 0.3) is 0 Å². The predicted molar refractivity (Wildman–Crippen MR) is 151 cm³/mol. The molecular weight excluding hydrogens is 444 g/mol. The van der Waals surface area contributed by atoms with E-state index in [4.69, 9.17) is 0 Å². The van der Waals surface area contributed by atoms with Gasteiger partial charge in [-0.05, 0) is 48.5 Å². The number of nitrogens with zero attached hydrogens (tertiary/aromatic N) is 2. The minimum Gasteiger partial charge on any atom is -0.317 e. The number of hydrogen-bond acceptors (Lipinski definition) is 1. The summed E-state index contributed by atoms with van der Waals surface area (Å²) in [5, 5.41) is 6.54. The van der Waals surface area contributed by atoms with Gasteiger partial charge in [-0.15, -0.1) is 11.3 Å². The minimum atomic E-state index is 1.18. The highest BCUT2D eigenvalue weighted by atomic mass is 32.1. The molecule has 35 heavy (non-hydrogen) atoms. The molecule has 0 bridgehead atoms. The van der Waals surface area contributed by atoms with Crippen molar-refractivity contribution in [3.05, 3.63) is 121 Å². The van der Waals surface area contributed by atoms with Crippen molar-refractivity contribution in [3.63, 3.8) is 0 Å². The third kappa shape index (κ3) is 2.59. The fourth-order valence-corrected chi connectivity index (χ4v) is 6.87. The summed E-state index contributed by atoms with van der Waals surface area (Å²) in [5.41, 5.74) is 6.14. The summed E-state index contributed by atoms with van der Waals surface area (Å²) in [6, 6.07) is 41.7. The van der Waals surface area contributed by atoms with Crippen molar-refractivity contribution in [2.75, 3.05) is 0 Å². The number of aromatic nitrogens is 2. The summed E-state index contributed by atoms with van der Waals surface area (Å²) in [6.45, 7) is 0. The molecule has 0 aliphatic carbocycles. The largest absolute Gasteiger partial charge is 0.317 e. The van der Waals surface area contributed by atoms with Crippen molar-refractivity contribution >= 4 is 64.2 Å². The highest BCUT2D eigenvalue weighted by Crippen LogP contribution is 2.42. The Hall–Kier alpha value is -4.34. The molecule has 0 N–H and O–H groups in total. The van der Waals surface area contributed by atoms with Crippen LogP contribution in [-0.2, 0) is 0 Å². The molecule has 3 heterocycles. The fraction of sp³-hybridized carbons (Fsp3) is 0. The first-order valence-electron chi connectivity index (χ1n) is 11.9. The van der Waals surface area contributed by atoms with Crippen LogP contribution in [0.4, 0.5) is 0 Å². The van der Waals surface area contributed by atoms with Crippen molar-refractivity contribution < 1.29 is 0 Å². The lowest BCUT2D eigenvalue weighted by atomic mass is 10.1. The van der Waals surface area contributed by atoms with Crippen LogP contribution in [0.1, 0.15) is 0 Å². The number of thiophene rings is 1. The lowest BCUT2D eigenvalue weighted by Gasteiger charge is -2.10. The molecule has 0 radical (unpaired) electrons. The zero-order valence-electron chi connectivity index (χ0n) is 18.8. The number of rotatable bonds is 2. The molecule has 0 unspecified atom stereocenters. The molecule has 0 fully saturated rings. The molecule has 8 aromatic rings. The Bertz CT molecular complexity index is 2050. The maximum atomic E-state index is 2.46. The van der Waals surface area contributed by atoms with Crippen molar-refractivity contribution in [2.24, 2.45) is 0 Å². The zero-order valence-corrected chi connectivity index (χ0v) is 19.7. The number of para-hydroxylation sites is 2. The quantitative estimate of drug-likeness (QED) is 0.241. The van der Waals surface area contributed by atoms with Gasteiger partial charge in [0.05, 0.1) is 26.9 Å². The van der Waals surface area contributed by atoms with E-state index in [-0.39, 0.29) is 0 Å². The normalized spacial score (nSPS) is 12.0. The standard InChI is InChI=1S/C32H20N2S/c1-2-9-21(10-3-1)33-20-19-25-26(33)17-18-28-31(25)24-12-4-6-14-27(24)34(28)29-15-8-13-23-22-11-5-7-16-30(22)35-32(23)29/h1-20H. The van der Waals surface area contributed by atoms with Gasteiger partial charge >= 0.3 is 0 Å². The van der Waals surface area contributed by atoms with Crippen molar-refractivity contribution in [1.29, 1.82) is 0 Å². The van der Waals surface area contributed by atoms with E-state index < -0.39 is 0 Å². The van der Waals surface area contributed by atoms with Gasteiger partial charge in [0, 0.05) is 43.5 Å². The summed E-state index contributed by atoms with van der Waals surface area (Å²) in [7, 11) is 0. The van der Waals surface area contributed by atoms with E-state index in [9.17, 15) is 0 Å². The molecule has 0 saturated carbocycles. The van der Waals surface area contributed by atoms with Crippen molar-refractivity contribution in [1.82, 2.24) is 9.13 Å². The summed E-state index contributed by atoms with van der Waals surface area (Å²) < 4.78 is 7.41. The first-order valence-corrected chi connectivity index (χ1v) is 12.7. The van der Waals surface area contributed by atoms with Gasteiger partial charge in [0.2, 0.25) is 0 Å². The Balaban J connectivity index is 1.51. The SMILES string of the molecule is c1ccc(-n2ccc3c4c5ccccc5n(-c5cccc6c5sc5ccccc56)c4ccc32)cc1. The van der Waals surface area contributed by atoms with Crippen LogP contribution >= 0.6 is 11.3 Å².